The van der Waals surface area contributed by atoms with Gasteiger partial charge in [0.2, 0.25) is 0 Å². The summed E-state index contributed by atoms with van der Waals surface area (Å²) in [6.45, 7) is 2.97. The maximum Gasteiger partial charge on any atom is 0.0991 e. The van der Waals surface area contributed by atoms with Crippen molar-refractivity contribution in [1.82, 2.24) is 9.88 Å². The first-order valence-electron chi connectivity index (χ1n) is 6.30. The summed E-state index contributed by atoms with van der Waals surface area (Å²) in [6, 6.07) is 14.2. The van der Waals surface area contributed by atoms with Gasteiger partial charge in [0.1, 0.15) is 0 Å². The first kappa shape index (κ1) is 13.3. The van der Waals surface area contributed by atoms with Crippen molar-refractivity contribution in [1.29, 1.82) is 5.26 Å². The second-order valence-corrected chi connectivity index (χ2v) is 4.69. The van der Waals surface area contributed by atoms with Gasteiger partial charge in [-0.3, -0.25) is 9.88 Å². The predicted molar refractivity (Wildman–Crippen MR) is 75.3 cm³/mol. The molecule has 1 aromatic carbocycles. The van der Waals surface area contributed by atoms with Crippen molar-refractivity contribution in [3.63, 3.8) is 0 Å². The van der Waals surface area contributed by atoms with Crippen molar-refractivity contribution in [2.24, 2.45) is 0 Å². The average Bonchev–Trinajstić information content (AvgIpc) is 2.47. The van der Waals surface area contributed by atoms with E-state index in [1.165, 1.54) is 5.56 Å². The number of rotatable bonds is 4. The smallest absolute Gasteiger partial charge is 0.0991 e. The summed E-state index contributed by atoms with van der Waals surface area (Å²) < 4.78 is 0. The van der Waals surface area contributed by atoms with Gasteiger partial charge in [-0.1, -0.05) is 18.2 Å². The van der Waals surface area contributed by atoms with E-state index in [1.54, 1.807) is 6.20 Å². The van der Waals surface area contributed by atoms with Crippen LogP contribution in [0.25, 0.3) is 0 Å². The molecule has 3 heteroatoms. The van der Waals surface area contributed by atoms with Gasteiger partial charge in [0.25, 0.3) is 0 Å². The molecule has 2 rings (SSSR count). The van der Waals surface area contributed by atoms with Crippen LogP contribution in [0.3, 0.4) is 0 Å². The van der Waals surface area contributed by atoms with E-state index in [1.807, 2.05) is 36.5 Å². The summed E-state index contributed by atoms with van der Waals surface area (Å²) in [5, 5.41) is 8.91. The first-order chi connectivity index (χ1) is 9.20. The summed E-state index contributed by atoms with van der Waals surface area (Å²) in [5.41, 5.74) is 3.05. The Balaban J connectivity index is 2.08. The zero-order valence-electron chi connectivity index (χ0n) is 11.2. The minimum Gasteiger partial charge on any atom is -0.295 e. The van der Waals surface area contributed by atoms with Gasteiger partial charge in [0.15, 0.2) is 0 Å². The molecule has 19 heavy (non-hydrogen) atoms. The molecule has 0 unspecified atom stereocenters. The molecule has 0 aliphatic rings. The topological polar surface area (TPSA) is 39.9 Å². The third-order valence-corrected chi connectivity index (χ3v) is 3.32. The Morgan fingerprint density at radius 3 is 2.84 bits per heavy atom. The Kier molecular flexibility index (Phi) is 4.27. The van der Waals surface area contributed by atoms with Gasteiger partial charge in [-0.05, 0) is 43.3 Å². The Bertz CT molecular complexity index is 572. The molecular weight excluding hydrogens is 234 g/mol. The van der Waals surface area contributed by atoms with Crippen molar-refractivity contribution >= 4 is 0 Å². The van der Waals surface area contributed by atoms with Gasteiger partial charge in [-0.25, -0.2) is 0 Å². The molecule has 0 aliphatic carbocycles. The monoisotopic (exact) mass is 251 g/mol. The van der Waals surface area contributed by atoms with Crippen LogP contribution in [-0.4, -0.2) is 16.9 Å². The molecule has 1 atom stereocenters. The third kappa shape index (κ3) is 3.40. The van der Waals surface area contributed by atoms with Gasteiger partial charge < -0.3 is 0 Å². The van der Waals surface area contributed by atoms with E-state index >= 15 is 0 Å². The highest BCUT2D eigenvalue weighted by molar-refractivity contribution is 5.32. The van der Waals surface area contributed by atoms with Crippen LogP contribution in [0, 0.1) is 11.3 Å². The average molecular weight is 251 g/mol. The Morgan fingerprint density at radius 2 is 2.16 bits per heavy atom. The molecule has 0 amide bonds. The van der Waals surface area contributed by atoms with Gasteiger partial charge in [0, 0.05) is 25.0 Å². The molecule has 1 aromatic heterocycles. The van der Waals surface area contributed by atoms with E-state index in [0.29, 0.717) is 11.6 Å². The van der Waals surface area contributed by atoms with E-state index in [9.17, 15) is 0 Å². The third-order valence-electron chi connectivity index (χ3n) is 3.32. The van der Waals surface area contributed by atoms with Crippen molar-refractivity contribution in [3.8, 4) is 6.07 Å². The number of nitrogens with zero attached hydrogens (tertiary/aromatic N) is 3. The number of benzene rings is 1. The second-order valence-electron chi connectivity index (χ2n) is 4.69. The highest BCUT2D eigenvalue weighted by Gasteiger charge is 2.12. The fourth-order valence-electron chi connectivity index (χ4n) is 2.04. The van der Waals surface area contributed by atoms with Crippen LogP contribution >= 0.6 is 0 Å². The van der Waals surface area contributed by atoms with Crippen LogP contribution in [0.4, 0.5) is 0 Å². The highest BCUT2D eigenvalue weighted by Crippen LogP contribution is 2.19. The standard InChI is InChI=1S/C16H17N3/c1-13(16-7-4-8-18-11-16)19(2)12-15-6-3-5-14(9-15)10-17/h3-9,11,13H,12H2,1-2H3/t13-/m0/s1. The molecule has 96 valence electrons. The molecule has 0 radical (unpaired) electrons. The lowest BCUT2D eigenvalue weighted by molar-refractivity contribution is 0.252. The van der Waals surface area contributed by atoms with Crippen molar-refractivity contribution in [2.75, 3.05) is 7.05 Å². The maximum absolute atomic E-state index is 8.91. The molecule has 0 saturated carbocycles. The van der Waals surface area contributed by atoms with E-state index in [-0.39, 0.29) is 0 Å². The zero-order valence-corrected chi connectivity index (χ0v) is 11.2. The summed E-state index contributed by atoms with van der Waals surface area (Å²) in [6.07, 6.45) is 3.68. The molecule has 2 aromatic rings. The van der Waals surface area contributed by atoms with Crippen LogP contribution in [0.15, 0.2) is 48.8 Å². The molecule has 0 bridgehead atoms. The Morgan fingerprint density at radius 1 is 1.32 bits per heavy atom. The minimum absolute atomic E-state index is 0.291. The van der Waals surface area contributed by atoms with Gasteiger partial charge in [-0.15, -0.1) is 0 Å². The zero-order chi connectivity index (χ0) is 13.7. The molecule has 0 spiro atoms. The van der Waals surface area contributed by atoms with Crippen LogP contribution < -0.4 is 0 Å². The van der Waals surface area contributed by atoms with Gasteiger partial charge in [0.05, 0.1) is 11.6 Å². The second kappa shape index (κ2) is 6.12. The van der Waals surface area contributed by atoms with Crippen LogP contribution in [0.1, 0.15) is 29.7 Å². The molecule has 3 nitrogen and oxygen atoms in total. The van der Waals surface area contributed by atoms with Crippen LogP contribution in [-0.2, 0) is 6.54 Å². The van der Waals surface area contributed by atoms with Gasteiger partial charge >= 0.3 is 0 Å². The van der Waals surface area contributed by atoms with Crippen molar-refractivity contribution < 1.29 is 0 Å². The lowest BCUT2D eigenvalue weighted by Gasteiger charge is -2.24. The Hall–Kier alpha value is -2.18. The summed E-state index contributed by atoms with van der Waals surface area (Å²) >= 11 is 0. The van der Waals surface area contributed by atoms with E-state index in [0.717, 1.165) is 12.1 Å². The summed E-state index contributed by atoms with van der Waals surface area (Å²) in [5.74, 6) is 0. The van der Waals surface area contributed by atoms with Crippen LogP contribution in [0.5, 0.6) is 0 Å². The number of hydrogen-bond donors (Lipinski definition) is 0. The first-order valence-corrected chi connectivity index (χ1v) is 6.30. The molecule has 1 heterocycles. The normalized spacial score (nSPS) is 12.1. The lowest BCUT2D eigenvalue weighted by Crippen LogP contribution is -2.22. The molecular formula is C16H17N3. The van der Waals surface area contributed by atoms with Crippen molar-refractivity contribution in [3.05, 3.63) is 65.5 Å². The van der Waals surface area contributed by atoms with E-state index < -0.39 is 0 Å². The fraction of sp³-hybridized carbons (Fsp3) is 0.250. The number of hydrogen-bond acceptors (Lipinski definition) is 3. The van der Waals surface area contributed by atoms with E-state index in [2.05, 4.69) is 36.0 Å². The van der Waals surface area contributed by atoms with Gasteiger partial charge in [-0.2, -0.15) is 5.26 Å². The minimum atomic E-state index is 0.291. The van der Waals surface area contributed by atoms with Crippen molar-refractivity contribution in [2.45, 2.75) is 19.5 Å². The molecule has 0 fully saturated rings. The predicted octanol–water partition coefficient (Wildman–Crippen LogP) is 3.15. The maximum atomic E-state index is 8.91. The number of nitriles is 1. The summed E-state index contributed by atoms with van der Waals surface area (Å²) in [4.78, 5) is 6.40. The fourth-order valence-corrected chi connectivity index (χ4v) is 2.04. The number of aromatic nitrogens is 1. The quantitative estimate of drug-likeness (QED) is 0.838. The largest absolute Gasteiger partial charge is 0.295 e. The van der Waals surface area contributed by atoms with Crippen LogP contribution in [0.2, 0.25) is 0 Å². The molecule has 0 aliphatic heterocycles. The highest BCUT2D eigenvalue weighted by atomic mass is 15.1. The SMILES string of the molecule is C[C@@H](c1cccnc1)N(C)Cc1cccc(C#N)c1. The van der Waals surface area contributed by atoms with E-state index in [4.69, 9.17) is 5.26 Å². The molecule has 0 N–H and O–H groups in total. The molecule has 0 saturated heterocycles. The lowest BCUT2D eigenvalue weighted by atomic mass is 10.1. The Labute approximate surface area is 114 Å². The summed E-state index contributed by atoms with van der Waals surface area (Å²) in [7, 11) is 2.08. The number of pyridine rings is 1.